The van der Waals surface area contributed by atoms with Crippen LogP contribution < -0.4 is 5.32 Å². The molecule has 1 aromatic rings. The Bertz CT molecular complexity index is 374. The predicted molar refractivity (Wildman–Crippen MR) is 87.9 cm³/mol. The first-order chi connectivity index (χ1) is 9.19. The Hall–Kier alpha value is 0.540. The van der Waals surface area contributed by atoms with Gasteiger partial charge >= 0.3 is 0 Å². The molecule has 0 aromatic carbocycles. The molecule has 1 aliphatic rings. The van der Waals surface area contributed by atoms with E-state index in [1.54, 1.807) is 18.4 Å². The van der Waals surface area contributed by atoms with Gasteiger partial charge in [0.15, 0.2) is 0 Å². The number of rotatable bonds is 7. The molecule has 0 amide bonds. The van der Waals surface area contributed by atoms with E-state index in [2.05, 4.69) is 48.1 Å². The van der Waals surface area contributed by atoms with Crippen molar-refractivity contribution in [3.8, 4) is 0 Å². The fourth-order valence-electron chi connectivity index (χ4n) is 2.37. The molecule has 1 unspecified atom stereocenters. The molecular weight excluding hydrogens is 392 g/mol. The maximum absolute atomic E-state index is 5.23. The second kappa shape index (κ2) is 8.10. The molecule has 1 N–H and O–H groups in total. The summed E-state index contributed by atoms with van der Waals surface area (Å²) in [6.07, 6.45) is 2.60. The lowest BCUT2D eigenvalue weighted by Gasteiger charge is -2.24. The molecule has 108 valence electrons. The van der Waals surface area contributed by atoms with E-state index in [0.29, 0.717) is 6.04 Å². The third-order valence-electron chi connectivity index (χ3n) is 3.33. The summed E-state index contributed by atoms with van der Waals surface area (Å²) in [5.74, 6) is 0. The van der Waals surface area contributed by atoms with E-state index in [0.717, 1.165) is 30.7 Å². The van der Waals surface area contributed by atoms with Gasteiger partial charge in [0.05, 0.1) is 10.4 Å². The molecule has 3 nitrogen and oxygen atoms in total. The van der Waals surface area contributed by atoms with Crippen LogP contribution in [0, 0.1) is 0 Å². The highest BCUT2D eigenvalue weighted by molar-refractivity contribution is 9.13. The zero-order chi connectivity index (χ0) is 13.7. The van der Waals surface area contributed by atoms with Crippen LogP contribution in [0.4, 0.5) is 0 Å². The normalized spacial score (nSPS) is 19.5. The maximum atomic E-state index is 5.23. The lowest BCUT2D eigenvalue weighted by Crippen LogP contribution is -2.38. The van der Waals surface area contributed by atoms with E-state index >= 15 is 0 Å². The van der Waals surface area contributed by atoms with Crippen LogP contribution in [0.15, 0.2) is 14.3 Å². The van der Waals surface area contributed by atoms with Crippen molar-refractivity contribution in [2.45, 2.75) is 25.4 Å². The minimum atomic E-state index is 0.642. The zero-order valence-corrected chi connectivity index (χ0v) is 15.1. The summed E-state index contributed by atoms with van der Waals surface area (Å²) in [6.45, 7) is 5.05. The molecule has 2 heterocycles. The highest BCUT2D eigenvalue weighted by Crippen LogP contribution is 2.33. The molecule has 0 bridgehead atoms. The van der Waals surface area contributed by atoms with Crippen molar-refractivity contribution in [1.82, 2.24) is 10.2 Å². The number of nitrogens with zero attached hydrogens (tertiary/aromatic N) is 1. The summed E-state index contributed by atoms with van der Waals surface area (Å²) in [6, 6.07) is 2.85. The Labute approximate surface area is 136 Å². The molecule has 1 aromatic heterocycles. The van der Waals surface area contributed by atoms with E-state index in [1.807, 2.05) is 0 Å². The van der Waals surface area contributed by atoms with Crippen molar-refractivity contribution < 1.29 is 4.74 Å². The van der Waals surface area contributed by atoms with Crippen LogP contribution in [0.5, 0.6) is 0 Å². The standard InChI is InChI=1S/C13H20Br2N2OS/c1-18-6-5-17(8-10-3-2-4-16-10)9-11-7-12(14)13(15)19-11/h7,10,16H,2-6,8-9H2,1H3. The van der Waals surface area contributed by atoms with Crippen molar-refractivity contribution in [3.63, 3.8) is 0 Å². The van der Waals surface area contributed by atoms with Gasteiger partial charge < -0.3 is 10.1 Å². The molecule has 1 aliphatic heterocycles. The van der Waals surface area contributed by atoms with Gasteiger partial charge in [0.25, 0.3) is 0 Å². The third kappa shape index (κ3) is 5.10. The number of nitrogens with one attached hydrogen (secondary N) is 1. The molecule has 19 heavy (non-hydrogen) atoms. The number of halogens is 2. The van der Waals surface area contributed by atoms with Gasteiger partial charge in [-0.15, -0.1) is 11.3 Å². The fraction of sp³-hybridized carbons (Fsp3) is 0.692. The van der Waals surface area contributed by atoms with Gasteiger partial charge in [-0.1, -0.05) is 0 Å². The largest absolute Gasteiger partial charge is 0.383 e. The maximum Gasteiger partial charge on any atom is 0.0843 e. The Kier molecular flexibility index (Phi) is 6.79. The summed E-state index contributed by atoms with van der Waals surface area (Å²) in [5.41, 5.74) is 0. The van der Waals surface area contributed by atoms with Gasteiger partial charge in [0.1, 0.15) is 0 Å². The lowest BCUT2D eigenvalue weighted by molar-refractivity contribution is 0.139. The topological polar surface area (TPSA) is 24.5 Å². The monoisotopic (exact) mass is 410 g/mol. The van der Waals surface area contributed by atoms with Crippen LogP contribution in [0.2, 0.25) is 0 Å². The van der Waals surface area contributed by atoms with Gasteiger partial charge in [-0.25, -0.2) is 0 Å². The Balaban J connectivity index is 1.91. The molecule has 1 fully saturated rings. The van der Waals surface area contributed by atoms with Crippen LogP contribution in [0.3, 0.4) is 0 Å². The van der Waals surface area contributed by atoms with E-state index < -0.39 is 0 Å². The molecule has 0 radical (unpaired) electrons. The molecule has 6 heteroatoms. The van der Waals surface area contributed by atoms with Crippen LogP contribution in [0.1, 0.15) is 17.7 Å². The zero-order valence-electron chi connectivity index (χ0n) is 11.1. The van der Waals surface area contributed by atoms with Crippen LogP contribution >= 0.6 is 43.2 Å². The van der Waals surface area contributed by atoms with Gasteiger partial charge in [0.2, 0.25) is 0 Å². The first kappa shape index (κ1) is 15.9. The molecule has 0 spiro atoms. The van der Waals surface area contributed by atoms with Crippen LogP contribution in [-0.4, -0.2) is 44.3 Å². The van der Waals surface area contributed by atoms with Crippen LogP contribution in [-0.2, 0) is 11.3 Å². The van der Waals surface area contributed by atoms with Crippen molar-refractivity contribution in [2.75, 3.05) is 33.4 Å². The quantitative estimate of drug-likeness (QED) is 0.743. The van der Waals surface area contributed by atoms with Gasteiger partial charge in [-0.2, -0.15) is 0 Å². The highest BCUT2D eigenvalue weighted by Gasteiger charge is 2.18. The minimum absolute atomic E-state index is 0.642. The highest BCUT2D eigenvalue weighted by atomic mass is 79.9. The number of ether oxygens (including phenoxy) is 1. The number of hydrogen-bond acceptors (Lipinski definition) is 4. The Morgan fingerprint density at radius 1 is 1.53 bits per heavy atom. The van der Waals surface area contributed by atoms with E-state index in [4.69, 9.17) is 4.74 Å². The average Bonchev–Trinajstić information content (AvgIpc) is 2.98. The summed E-state index contributed by atoms with van der Waals surface area (Å²) in [4.78, 5) is 3.87. The summed E-state index contributed by atoms with van der Waals surface area (Å²) < 4.78 is 7.55. The van der Waals surface area contributed by atoms with E-state index in [9.17, 15) is 0 Å². The average molecular weight is 412 g/mol. The lowest BCUT2D eigenvalue weighted by atomic mass is 10.2. The second-order valence-electron chi connectivity index (χ2n) is 4.86. The molecule has 0 saturated carbocycles. The van der Waals surface area contributed by atoms with Gasteiger partial charge in [0, 0.05) is 42.1 Å². The molecule has 2 rings (SSSR count). The number of methoxy groups -OCH3 is 1. The fourth-order valence-corrected chi connectivity index (χ4v) is 4.59. The smallest absolute Gasteiger partial charge is 0.0843 e. The minimum Gasteiger partial charge on any atom is -0.383 e. The van der Waals surface area contributed by atoms with Crippen LogP contribution in [0.25, 0.3) is 0 Å². The van der Waals surface area contributed by atoms with E-state index in [-0.39, 0.29) is 0 Å². The van der Waals surface area contributed by atoms with Crippen molar-refractivity contribution in [3.05, 3.63) is 19.2 Å². The number of hydrogen-bond donors (Lipinski definition) is 1. The van der Waals surface area contributed by atoms with Crippen molar-refractivity contribution in [1.29, 1.82) is 0 Å². The Morgan fingerprint density at radius 3 is 2.95 bits per heavy atom. The van der Waals surface area contributed by atoms with Gasteiger partial charge in [-0.3, -0.25) is 4.90 Å². The SMILES string of the molecule is COCCN(Cc1cc(Br)c(Br)s1)CC1CCCN1. The predicted octanol–water partition coefficient (Wildman–Crippen LogP) is 3.47. The first-order valence-electron chi connectivity index (χ1n) is 6.57. The Morgan fingerprint density at radius 2 is 2.37 bits per heavy atom. The van der Waals surface area contributed by atoms with Gasteiger partial charge in [-0.05, 0) is 57.3 Å². The summed E-state index contributed by atoms with van der Waals surface area (Å²) >= 11 is 8.92. The summed E-state index contributed by atoms with van der Waals surface area (Å²) in [7, 11) is 1.77. The van der Waals surface area contributed by atoms with Crippen molar-refractivity contribution >= 4 is 43.2 Å². The third-order valence-corrected chi connectivity index (χ3v) is 6.57. The second-order valence-corrected chi connectivity index (χ2v) is 8.16. The molecular formula is C13H20Br2N2OS. The number of thiophene rings is 1. The van der Waals surface area contributed by atoms with Crippen molar-refractivity contribution in [2.24, 2.45) is 0 Å². The molecule has 1 atom stereocenters. The summed E-state index contributed by atoms with van der Waals surface area (Å²) in [5, 5.41) is 3.57. The molecule has 0 aliphatic carbocycles. The molecule has 1 saturated heterocycles. The first-order valence-corrected chi connectivity index (χ1v) is 8.97. The van der Waals surface area contributed by atoms with E-state index in [1.165, 1.54) is 28.0 Å².